The zero-order chi connectivity index (χ0) is 16.4. The number of rotatable bonds is 1. The van der Waals surface area contributed by atoms with Gasteiger partial charge >= 0.3 is 0 Å². The number of phenolic OH excluding ortho intramolecular Hbond substituents is 2. The summed E-state index contributed by atoms with van der Waals surface area (Å²) in [5.74, 6) is 0.333. The van der Waals surface area contributed by atoms with Gasteiger partial charge in [0.05, 0.1) is 5.52 Å². The number of phenols is 2. The molecular weight excluding hydrogens is 304 g/mol. The summed E-state index contributed by atoms with van der Waals surface area (Å²) in [5.41, 5.74) is 3.78. The molecule has 3 aromatic carbocycles. The molecular formula is C19H12N2O3. The molecule has 0 amide bonds. The van der Waals surface area contributed by atoms with Crippen LogP contribution < -0.4 is 0 Å². The van der Waals surface area contributed by atoms with Crippen molar-refractivity contribution in [3.05, 3.63) is 48.0 Å². The first-order valence-electron chi connectivity index (χ1n) is 7.53. The molecule has 0 atom stereocenters. The van der Waals surface area contributed by atoms with E-state index in [1.54, 1.807) is 36.4 Å². The molecule has 4 N–H and O–H groups in total. The summed E-state index contributed by atoms with van der Waals surface area (Å²) < 4.78 is 0. The monoisotopic (exact) mass is 316 g/mol. The molecule has 0 saturated carbocycles. The standard InChI is InChI=1S/C19H12N2O3/c22-8-14-18-13-6-10(24)2-4-16(13)20-17(18)7-12-11-5-9(23)1-3-15(11)21-19(12)14/h1-8,20-21,23-24H. The Morgan fingerprint density at radius 2 is 1.42 bits per heavy atom. The molecule has 0 unspecified atom stereocenters. The van der Waals surface area contributed by atoms with Crippen molar-refractivity contribution in [1.29, 1.82) is 0 Å². The van der Waals surface area contributed by atoms with Crippen molar-refractivity contribution in [2.45, 2.75) is 0 Å². The van der Waals surface area contributed by atoms with E-state index in [0.29, 0.717) is 5.56 Å². The Labute approximate surface area is 135 Å². The number of carbonyl (C=O) groups is 1. The molecule has 5 nitrogen and oxygen atoms in total. The number of fused-ring (bicyclic) bond motifs is 6. The highest BCUT2D eigenvalue weighted by Crippen LogP contribution is 2.37. The molecule has 5 rings (SSSR count). The summed E-state index contributed by atoms with van der Waals surface area (Å²) >= 11 is 0. The Morgan fingerprint density at radius 1 is 0.750 bits per heavy atom. The minimum Gasteiger partial charge on any atom is -0.508 e. The second-order valence-corrected chi connectivity index (χ2v) is 5.96. The fourth-order valence-electron chi connectivity index (χ4n) is 3.55. The molecule has 0 aliphatic rings. The van der Waals surface area contributed by atoms with Gasteiger partial charge in [-0.3, -0.25) is 4.79 Å². The predicted octanol–water partition coefficient (Wildman–Crippen LogP) is 4.18. The fourth-order valence-corrected chi connectivity index (χ4v) is 3.55. The van der Waals surface area contributed by atoms with Gasteiger partial charge in [0.1, 0.15) is 11.5 Å². The highest BCUT2D eigenvalue weighted by molar-refractivity contribution is 6.24. The molecule has 0 bridgehead atoms. The average Bonchev–Trinajstić information content (AvgIpc) is 3.10. The first-order chi connectivity index (χ1) is 11.7. The van der Waals surface area contributed by atoms with Crippen molar-refractivity contribution < 1.29 is 15.0 Å². The maximum absolute atomic E-state index is 11.9. The van der Waals surface area contributed by atoms with E-state index in [-0.39, 0.29) is 11.5 Å². The number of H-pyrrole nitrogens is 2. The molecule has 5 heteroatoms. The molecule has 0 fully saturated rings. The number of aromatic nitrogens is 2. The Morgan fingerprint density at radius 3 is 2.12 bits per heavy atom. The topological polar surface area (TPSA) is 89.1 Å². The summed E-state index contributed by atoms with van der Waals surface area (Å²) in [5, 5.41) is 22.9. The van der Waals surface area contributed by atoms with Crippen LogP contribution in [0, 0.1) is 0 Å². The molecule has 0 aliphatic heterocycles. The van der Waals surface area contributed by atoms with E-state index in [4.69, 9.17) is 0 Å². The van der Waals surface area contributed by atoms with Gasteiger partial charge in [0.25, 0.3) is 0 Å². The van der Waals surface area contributed by atoms with Gasteiger partial charge in [0.15, 0.2) is 6.29 Å². The molecule has 2 heterocycles. The van der Waals surface area contributed by atoms with Gasteiger partial charge < -0.3 is 20.2 Å². The van der Waals surface area contributed by atoms with E-state index in [1.165, 1.54) is 0 Å². The lowest BCUT2D eigenvalue weighted by atomic mass is 10.0. The molecule has 2 aromatic heterocycles. The number of benzene rings is 3. The van der Waals surface area contributed by atoms with Gasteiger partial charge in [0, 0.05) is 43.7 Å². The zero-order valence-electron chi connectivity index (χ0n) is 12.4. The third-order valence-electron chi connectivity index (χ3n) is 4.58. The van der Waals surface area contributed by atoms with Crippen LogP contribution in [0.1, 0.15) is 10.4 Å². The normalized spacial score (nSPS) is 11.8. The van der Waals surface area contributed by atoms with Crippen molar-refractivity contribution in [3.8, 4) is 11.5 Å². The summed E-state index contributed by atoms with van der Waals surface area (Å²) in [6.07, 6.45) is 0.831. The van der Waals surface area contributed by atoms with Crippen molar-refractivity contribution in [3.63, 3.8) is 0 Å². The van der Waals surface area contributed by atoms with Gasteiger partial charge in [-0.05, 0) is 42.5 Å². The lowest BCUT2D eigenvalue weighted by Gasteiger charge is -2.00. The maximum Gasteiger partial charge on any atom is 0.152 e. The van der Waals surface area contributed by atoms with Crippen LogP contribution in [0.5, 0.6) is 11.5 Å². The number of aromatic hydroxyl groups is 2. The number of hydrogen-bond donors (Lipinski definition) is 4. The summed E-state index contributed by atoms with van der Waals surface area (Å²) in [4.78, 5) is 18.4. The smallest absolute Gasteiger partial charge is 0.152 e. The number of hydrogen-bond acceptors (Lipinski definition) is 3. The van der Waals surface area contributed by atoms with Gasteiger partial charge in [-0.25, -0.2) is 0 Å². The van der Waals surface area contributed by atoms with Crippen LogP contribution >= 0.6 is 0 Å². The second-order valence-electron chi connectivity index (χ2n) is 5.96. The molecule has 5 aromatic rings. The second kappa shape index (κ2) is 4.29. The molecule has 116 valence electrons. The largest absolute Gasteiger partial charge is 0.508 e. The first kappa shape index (κ1) is 13.0. The maximum atomic E-state index is 11.9. The SMILES string of the molecule is O=Cc1c2[nH]c3ccc(O)cc3c2cc2[nH]c3ccc(O)cc3c12. The average molecular weight is 316 g/mol. The van der Waals surface area contributed by atoms with Gasteiger partial charge in [-0.2, -0.15) is 0 Å². The number of aldehydes is 1. The lowest BCUT2D eigenvalue weighted by molar-refractivity contribution is 0.112. The van der Waals surface area contributed by atoms with Crippen molar-refractivity contribution >= 4 is 49.9 Å². The minimum atomic E-state index is 0.155. The molecule has 24 heavy (non-hydrogen) atoms. The van der Waals surface area contributed by atoms with Crippen molar-refractivity contribution in [2.75, 3.05) is 0 Å². The van der Waals surface area contributed by atoms with Gasteiger partial charge in [0.2, 0.25) is 0 Å². The van der Waals surface area contributed by atoms with Crippen LogP contribution in [0.2, 0.25) is 0 Å². The van der Waals surface area contributed by atoms with Gasteiger partial charge in [-0.1, -0.05) is 0 Å². The quantitative estimate of drug-likeness (QED) is 0.350. The van der Waals surface area contributed by atoms with E-state index >= 15 is 0 Å². The van der Waals surface area contributed by atoms with Crippen molar-refractivity contribution in [2.24, 2.45) is 0 Å². The Kier molecular flexibility index (Phi) is 2.33. The molecule has 0 radical (unpaired) electrons. The van der Waals surface area contributed by atoms with Gasteiger partial charge in [-0.15, -0.1) is 0 Å². The highest BCUT2D eigenvalue weighted by Gasteiger charge is 2.16. The van der Waals surface area contributed by atoms with E-state index < -0.39 is 0 Å². The van der Waals surface area contributed by atoms with Crippen LogP contribution in [0.3, 0.4) is 0 Å². The van der Waals surface area contributed by atoms with Crippen LogP contribution in [0.4, 0.5) is 0 Å². The van der Waals surface area contributed by atoms with E-state index in [9.17, 15) is 15.0 Å². The zero-order valence-corrected chi connectivity index (χ0v) is 12.4. The number of aromatic amines is 2. The summed E-state index contributed by atoms with van der Waals surface area (Å²) in [7, 11) is 0. The van der Waals surface area contributed by atoms with E-state index in [1.807, 2.05) is 6.07 Å². The minimum absolute atomic E-state index is 0.155. The first-order valence-corrected chi connectivity index (χ1v) is 7.53. The van der Waals surface area contributed by atoms with Crippen LogP contribution in [0.25, 0.3) is 43.6 Å². The van der Waals surface area contributed by atoms with Crippen molar-refractivity contribution in [1.82, 2.24) is 9.97 Å². The lowest BCUT2D eigenvalue weighted by Crippen LogP contribution is -1.85. The predicted molar refractivity (Wildman–Crippen MR) is 93.9 cm³/mol. The summed E-state index contributed by atoms with van der Waals surface area (Å²) in [6.45, 7) is 0. The fraction of sp³-hybridized carbons (Fsp3) is 0. The molecule has 0 saturated heterocycles. The highest BCUT2D eigenvalue weighted by atomic mass is 16.3. The Balaban J connectivity index is 2.07. The van der Waals surface area contributed by atoms with Crippen LogP contribution in [0.15, 0.2) is 42.5 Å². The van der Waals surface area contributed by atoms with E-state index in [2.05, 4.69) is 9.97 Å². The van der Waals surface area contributed by atoms with Crippen LogP contribution in [-0.2, 0) is 0 Å². The molecule has 0 aliphatic carbocycles. The molecule has 0 spiro atoms. The van der Waals surface area contributed by atoms with Crippen LogP contribution in [-0.4, -0.2) is 26.5 Å². The summed E-state index contributed by atoms with van der Waals surface area (Å²) in [6, 6.07) is 12.1. The Hall–Kier alpha value is -3.47. The van der Waals surface area contributed by atoms with E-state index in [0.717, 1.165) is 49.9 Å². The number of carbonyl (C=O) groups excluding carboxylic acids is 1. The third-order valence-corrected chi connectivity index (χ3v) is 4.58. The number of nitrogens with one attached hydrogen (secondary N) is 2. The Bertz CT molecular complexity index is 1290. The third kappa shape index (κ3) is 1.55.